The number of hydrogen-bond donors (Lipinski definition) is 1. The Bertz CT molecular complexity index is 1930. The van der Waals surface area contributed by atoms with E-state index in [1.54, 1.807) is 25.0 Å². The van der Waals surface area contributed by atoms with Crippen LogP contribution in [0.5, 0.6) is 0 Å². The van der Waals surface area contributed by atoms with Gasteiger partial charge in [-0.05, 0) is 36.8 Å². The average Bonchev–Trinajstić information content (AvgIpc) is 3.75. The summed E-state index contributed by atoms with van der Waals surface area (Å²) in [6.07, 6.45) is 12.5. The number of nitrogens with one attached hydrogen (secondary N) is 1. The number of piperidine rings is 1. The fraction of sp³-hybridized carbons (Fsp3) is 0.367. The van der Waals surface area contributed by atoms with Gasteiger partial charge >= 0.3 is 0 Å². The molecule has 1 aliphatic carbocycles. The van der Waals surface area contributed by atoms with Crippen LogP contribution in [-0.4, -0.2) is 83.5 Å². The van der Waals surface area contributed by atoms with E-state index in [0.717, 1.165) is 63.4 Å². The van der Waals surface area contributed by atoms with Gasteiger partial charge in [0.1, 0.15) is 0 Å². The molecule has 0 amide bonds. The van der Waals surface area contributed by atoms with Gasteiger partial charge in [0.2, 0.25) is 5.95 Å². The number of fused-ring (bicyclic) bond motifs is 3. The minimum atomic E-state index is -3.40. The molecule has 0 unspecified atom stereocenters. The van der Waals surface area contributed by atoms with Crippen LogP contribution in [0.3, 0.4) is 0 Å². The summed E-state index contributed by atoms with van der Waals surface area (Å²) < 4.78 is 33.4. The second kappa shape index (κ2) is 10.9. The van der Waals surface area contributed by atoms with Gasteiger partial charge in [-0.15, -0.1) is 0 Å². The quantitative estimate of drug-likeness (QED) is 0.295. The van der Waals surface area contributed by atoms with Crippen LogP contribution in [0.15, 0.2) is 55.2 Å². The zero-order valence-electron chi connectivity index (χ0n) is 25.2. The van der Waals surface area contributed by atoms with Gasteiger partial charge < -0.3 is 5.32 Å². The van der Waals surface area contributed by atoms with E-state index in [4.69, 9.17) is 10.1 Å². The van der Waals surface area contributed by atoms with Crippen LogP contribution in [0.2, 0.25) is 0 Å². The van der Waals surface area contributed by atoms with Crippen LogP contribution in [0, 0.1) is 0 Å². The van der Waals surface area contributed by atoms with Gasteiger partial charge in [0, 0.05) is 76.6 Å². The molecule has 1 N–H and O–H groups in total. The first-order valence-corrected chi connectivity index (χ1v) is 16.1. The molecular weight excluding hydrogens is 578 g/mol. The van der Waals surface area contributed by atoms with E-state index in [2.05, 4.69) is 44.8 Å². The number of nitrogens with zero attached hydrogens (tertiary/aromatic N) is 10. The van der Waals surface area contributed by atoms with E-state index in [1.165, 1.54) is 8.61 Å². The third-order valence-corrected chi connectivity index (χ3v) is 10.4. The van der Waals surface area contributed by atoms with E-state index < -0.39 is 10.2 Å². The minimum Gasteiger partial charge on any atom is -0.321 e. The fourth-order valence-corrected chi connectivity index (χ4v) is 7.28. The molecular formula is C30H35N11O2S. The Kier molecular flexibility index (Phi) is 7.06. The van der Waals surface area contributed by atoms with Crippen molar-refractivity contribution in [3.8, 4) is 33.6 Å². The van der Waals surface area contributed by atoms with Gasteiger partial charge in [0.05, 0.1) is 41.2 Å². The highest BCUT2D eigenvalue weighted by Gasteiger charge is 2.31. The maximum absolute atomic E-state index is 12.5. The second-order valence-corrected chi connectivity index (χ2v) is 13.7. The molecule has 1 aliphatic heterocycles. The van der Waals surface area contributed by atoms with E-state index in [0.29, 0.717) is 31.9 Å². The summed E-state index contributed by atoms with van der Waals surface area (Å²) in [5.41, 5.74) is 9.13. The number of hydrogen-bond acceptors (Lipinski definition) is 8. The molecule has 13 nitrogen and oxygen atoms in total. The molecule has 2 aliphatic rings. The van der Waals surface area contributed by atoms with Crippen molar-refractivity contribution in [3.05, 3.63) is 66.5 Å². The van der Waals surface area contributed by atoms with E-state index in [1.807, 2.05) is 48.2 Å². The summed E-state index contributed by atoms with van der Waals surface area (Å²) >= 11 is 0. The van der Waals surface area contributed by atoms with Gasteiger partial charge in [0.15, 0.2) is 0 Å². The third kappa shape index (κ3) is 5.08. The molecule has 4 aromatic heterocycles. The van der Waals surface area contributed by atoms with Crippen LogP contribution < -0.4 is 5.32 Å². The topological polar surface area (TPSA) is 132 Å². The molecule has 7 rings (SSSR count). The molecule has 5 aromatic rings. The molecule has 0 atom stereocenters. The lowest BCUT2D eigenvalue weighted by molar-refractivity contribution is 0.252. The summed E-state index contributed by atoms with van der Waals surface area (Å²) in [6, 6.07) is 8.61. The lowest BCUT2D eigenvalue weighted by Gasteiger charge is -2.32. The zero-order valence-corrected chi connectivity index (χ0v) is 26.0. The predicted octanol–water partition coefficient (Wildman–Crippen LogP) is 3.43. The van der Waals surface area contributed by atoms with Gasteiger partial charge in [-0.3, -0.25) is 14.0 Å². The van der Waals surface area contributed by atoms with Gasteiger partial charge in [0.25, 0.3) is 10.2 Å². The summed E-state index contributed by atoms with van der Waals surface area (Å²) in [5, 5.41) is 17.1. The molecule has 0 saturated carbocycles. The minimum absolute atomic E-state index is 0.119. The summed E-state index contributed by atoms with van der Waals surface area (Å²) in [5.74, 6) is 0.491. The third-order valence-electron chi connectivity index (χ3n) is 8.49. The molecule has 14 heteroatoms. The summed E-state index contributed by atoms with van der Waals surface area (Å²) in [4.78, 5) is 9.61. The van der Waals surface area contributed by atoms with Crippen molar-refractivity contribution < 1.29 is 8.42 Å². The van der Waals surface area contributed by atoms with Gasteiger partial charge in [-0.2, -0.15) is 32.3 Å². The molecule has 5 heterocycles. The standard InChI is InChI=1S/C30H35N11O2S/c1-37(2)44(42,43)40-13-11-25(12-14-40)41-19-24(17-33-41)34-30-31-15-22-9-10-26-27(28(22)35-30)29(39(4)36-26)21-7-5-20(6-8-21)23-16-32-38(3)18-23/h5-8,15-19,25H,9-14H2,1-4H3,(H,31,34,35). The number of benzene rings is 1. The molecule has 0 radical (unpaired) electrons. The van der Waals surface area contributed by atoms with Gasteiger partial charge in [-0.1, -0.05) is 24.3 Å². The Hall–Kier alpha value is -4.40. The molecule has 44 heavy (non-hydrogen) atoms. The molecule has 1 fully saturated rings. The first-order valence-electron chi connectivity index (χ1n) is 14.7. The van der Waals surface area contributed by atoms with Crippen LogP contribution in [0.4, 0.5) is 11.6 Å². The maximum Gasteiger partial charge on any atom is 0.281 e. The number of aromatic nitrogens is 8. The number of anilines is 2. The summed E-state index contributed by atoms with van der Waals surface area (Å²) in [7, 11) is 3.62. The van der Waals surface area contributed by atoms with Crippen molar-refractivity contribution in [2.24, 2.45) is 14.1 Å². The zero-order chi connectivity index (χ0) is 30.6. The largest absolute Gasteiger partial charge is 0.321 e. The molecule has 0 spiro atoms. The van der Waals surface area contributed by atoms with E-state index >= 15 is 0 Å². The van der Waals surface area contributed by atoms with Crippen LogP contribution in [-0.2, 0) is 37.1 Å². The second-order valence-electron chi connectivity index (χ2n) is 11.6. The predicted molar refractivity (Wildman–Crippen MR) is 167 cm³/mol. The van der Waals surface area contributed by atoms with Crippen molar-refractivity contribution in [1.29, 1.82) is 0 Å². The lowest BCUT2D eigenvalue weighted by atomic mass is 9.91. The van der Waals surface area contributed by atoms with E-state index in [9.17, 15) is 8.42 Å². The Morgan fingerprint density at radius 2 is 1.66 bits per heavy atom. The Morgan fingerprint density at radius 3 is 2.36 bits per heavy atom. The monoisotopic (exact) mass is 613 g/mol. The Labute approximate surface area is 256 Å². The lowest BCUT2D eigenvalue weighted by Crippen LogP contribution is -2.44. The molecule has 1 aromatic carbocycles. The van der Waals surface area contributed by atoms with Crippen LogP contribution in [0.25, 0.3) is 33.6 Å². The first-order chi connectivity index (χ1) is 21.2. The molecule has 0 bridgehead atoms. The van der Waals surface area contributed by atoms with Gasteiger partial charge in [-0.25, -0.2) is 9.97 Å². The first kappa shape index (κ1) is 28.4. The number of aryl methyl sites for hydroxylation is 4. The van der Waals surface area contributed by atoms with Crippen molar-refractivity contribution in [2.45, 2.75) is 31.7 Å². The average molecular weight is 614 g/mol. The maximum atomic E-state index is 12.5. The van der Waals surface area contributed by atoms with Crippen molar-refractivity contribution in [2.75, 3.05) is 32.5 Å². The highest BCUT2D eigenvalue weighted by Crippen LogP contribution is 2.40. The normalized spacial score (nSPS) is 15.8. The highest BCUT2D eigenvalue weighted by molar-refractivity contribution is 7.86. The molecule has 228 valence electrons. The van der Waals surface area contributed by atoms with Crippen LogP contribution in [0.1, 0.15) is 30.1 Å². The Morgan fingerprint density at radius 1 is 0.909 bits per heavy atom. The fourth-order valence-electron chi connectivity index (χ4n) is 6.14. The summed E-state index contributed by atoms with van der Waals surface area (Å²) in [6.45, 7) is 0.924. The number of rotatable bonds is 7. The van der Waals surface area contributed by atoms with Crippen molar-refractivity contribution >= 4 is 21.8 Å². The smallest absolute Gasteiger partial charge is 0.281 e. The highest BCUT2D eigenvalue weighted by atomic mass is 32.2. The SMILES string of the molecule is CN(C)S(=O)(=O)N1CCC(n2cc(Nc3ncc4c(n3)-c3c(nn(C)c3-c3ccc(-c5cnn(C)c5)cc3)CC4)cn2)CC1. The van der Waals surface area contributed by atoms with E-state index in [-0.39, 0.29) is 6.04 Å². The molecule has 1 saturated heterocycles. The van der Waals surface area contributed by atoms with Crippen molar-refractivity contribution in [3.63, 3.8) is 0 Å². The van der Waals surface area contributed by atoms with Crippen molar-refractivity contribution in [1.82, 2.24) is 47.9 Å². The Balaban J connectivity index is 1.12. The van der Waals surface area contributed by atoms with Crippen LogP contribution >= 0.6 is 0 Å².